The number of benzene rings is 2. The molecule has 3 aromatic heterocycles. The molecule has 0 saturated heterocycles. The van der Waals surface area contributed by atoms with Crippen LogP contribution in [0.25, 0.3) is 32.6 Å². The molecular formula is C25H23N5OS. The molecule has 0 aliphatic rings. The van der Waals surface area contributed by atoms with Crippen molar-refractivity contribution in [2.75, 3.05) is 5.73 Å². The van der Waals surface area contributed by atoms with Gasteiger partial charge in [-0.3, -0.25) is 0 Å². The Morgan fingerprint density at radius 1 is 1.00 bits per heavy atom. The van der Waals surface area contributed by atoms with Crippen molar-refractivity contribution in [2.24, 2.45) is 0 Å². The topological polar surface area (TPSA) is 90.7 Å². The summed E-state index contributed by atoms with van der Waals surface area (Å²) in [6.07, 6.45) is 0. The first-order valence-corrected chi connectivity index (χ1v) is 11.3. The van der Waals surface area contributed by atoms with Gasteiger partial charge in [0.05, 0.1) is 27.1 Å². The predicted octanol–water partition coefficient (Wildman–Crippen LogP) is 6.07. The first-order chi connectivity index (χ1) is 15.4. The molecule has 5 rings (SSSR count). The third-order valence-electron chi connectivity index (χ3n) is 5.83. The van der Waals surface area contributed by atoms with Crippen molar-refractivity contribution < 1.29 is 4.52 Å². The summed E-state index contributed by atoms with van der Waals surface area (Å²) in [6, 6.07) is 14.6. The minimum absolute atomic E-state index is 0.0109. The summed E-state index contributed by atoms with van der Waals surface area (Å²) < 4.78 is 6.50. The van der Waals surface area contributed by atoms with Crippen LogP contribution in [0.1, 0.15) is 41.2 Å². The van der Waals surface area contributed by atoms with Gasteiger partial charge in [-0.2, -0.15) is 0 Å². The average molecular weight is 442 g/mol. The number of anilines is 1. The van der Waals surface area contributed by atoms with Crippen LogP contribution < -0.4 is 5.73 Å². The second-order valence-electron chi connectivity index (χ2n) is 8.00. The summed E-state index contributed by atoms with van der Waals surface area (Å²) in [7, 11) is 0. The first kappa shape index (κ1) is 20.3. The van der Waals surface area contributed by atoms with Gasteiger partial charge in [0.15, 0.2) is 0 Å². The lowest BCUT2D eigenvalue weighted by Gasteiger charge is -2.19. The maximum Gasteiger partial charge on any atom is 0.141 e. The molecule has 160 valence electrons. The van der Waals surface area contributed by atoms with Gasteiger partial charge in [-0.05, 0) is 44.0 Å². The van der Waals surface area contributed by atoms with E-state index in [1.54, 1.807) is 11.3 Å². The van der Waals surface area contributed by atoms with Gasteiger partial charge >= 0.3 is 0 Å². The van der Waals surface area contributed by atoms with Crippen LogP contribution in [-0.4, -0.2) is 20.1 Å². The summed E-state index contributed by atoms with van der Waals surface area (Å²) in [5.41, 5.74) is 16.2. The van der Waals surface area contributed by atoms with Crippen molar-refractivity contribution in [1.82, 2.24) is 20.1 Å². The van der Waals surface area contributed by atoms with E-state index in [2.05, 4.69) is 58.4 Å². The van der Waals surface area contributed by atoms with E-state index in [0.29, 0.717) is 11.6 Å². The van der Waals surface area contributed by atoms with Gasteiger partial charge in [-0.15, -0.1) is 11.3 Å². The fourth-order valence-electron chi connectivity index (χ4n) is 4.28. The van der Waals surface area contributed by atoms with Crippen molar-refractivity contribution in [1.29, 1.82) is 0 Å². The molecule has 7 heteroatoms. The van der Waals surface area contributed by atoms with Crippen LogP contribution in [0.5, 0.6) is 0 Å². The molecule has 0 fully saturated rings. The number of nitrogen functional groups attached to an aromatic ring is 1. The number of hydrogen-bond donors (Lipinski definition) is 1. The fourth-order valence-corrected chi connectivity index (χ4v) is 4.99. The summed E-state index contributed by atoms with van der Waals surface area (Å²) >= 11 is 1.62. The van der Waals surface area contributed by atoms with E-state index in [1.165, 1.54) is 0 Å². The highest BCUT2D eigenvalue weighted by atomic mass is 32.1. The molecule has 2 aromatic carbocycles. The SMILES string of the molecule is Cc1nc(N)c(C(C)c2cccc(-c3c(C)noc3C)c2)c(-c2ccc3ncsc3c2)n1. The van der Waals surface area contributed by atoms with Crippen molar-refractivity contribution in [3.05, 3.63) is 76.4 Å². The molecule has 1 unspecified atom stereocenters. The second-order valence-corrected chi connectivity index (χ2v) is 8.89. The zero-order chi connectivity index (χ0) is 22.4. The maximum absolute atomic E-state index is 6.49. The summed E-state index contributed by atoms with van der Waals surface area (Å²) in [6.45, 7) is 7.91. The number of fused-ring (bicyclic) bond motifs is 1. The number of nitrogens with zero attached hydrogens (tertiary/aromatic N) is 4. The van der Waals surface area contributed by atoms with E-state index in [-0.39, 0.29) is 5.92 Å². The Morgan fingerprint density at radius 2 is 1.84 bits per heavy atom. The van der Waals surface area contributed by atoms with Crippen LogP contribution in [0.4, 0.5) is 5.82 Å². The van der Waals surface area contributed by atoms with E-state index >= 15 is 0 Å². The maximum atomic E-state index is 6.49. The second kappa shape index (κ2) is 7.84. The smallest absolute Gasteiger partial charge is 0.141 e. The zero-order valence-electron chi connectivity index (χ0n) is 18.4. The lowest BCUT2D eigenvalue weighted by Crippen LogP contribution is -2.09. The van der Waals surface area contributed by atoms with Crippen molar-refractivity contribution >= 4 is 27.4 Å². The van der Waals surface area contributed by atoms with Gasteiger partial charge in [0, 0.05) is 22.6 Å². The Balaban J connectivity index is 1.64. The molecule has 5 aromatic rings. The summed E-state index contributed by atoms with van der Waals surface area (Å²) in [5, 5.41) is 4.10. The number of hydrogen-bond acceptors (Lipinski definition) is 7. The van der Waals surface area contributed by atoms with Gasteiger partial charge in [-0.1, -0.05) is 42.4 Å². The van der Waals surface area contributed by atoms with Crippen molar-refractivity contribution in [3.8, 4) is 22.4 Å². The molecule has 6 nitrogen and oxygen atoms in total. The van der Waals surface area contributed by atoms with Crippen molar-refractivity contribution in [2.45, 2.75) is 33.6 Å². The van der Waals surface area contributed by atoms with Gasteiger partial charge in [0.1, 0.15) is 17.4 Å². The predicted molar refractivity (Wildman–Crippen MR) is 129 cm³/mol. The van der Waals surface area contributed by atoms with Gasteiger partial charge in [0.25, 0.3) is 0 Å². The largest absolute Gasteiger partial charge is 0.383 e. The number of aromatic nitrogens is 4. The van der Waals surface area contributed by atoms with Crippen LogP contribution in [-0.2, 0) is 0 Å². The van der Waals surface area contributed by atoms with Crippen LogP contribution in [0, 0.1) is 20.8 Å². The van der Waals surface area contributed by atoms with Crippen LogP contribution in [0.15, 0.2) is 52.5 Å². The van der Waals surface area contributed by atoms with E-state index in [9.17, 15) is 0 Å². The molecule has 3 heterocycles. The Hall–Kier alpha value is -3.58. The Kier molecular flexibility index (Phi) is 4.98. The normalized spacial score (nSPS) is 12.4. The lowest BCUT2D eigenvalue weighted by atomic mass is 9.88. The van der Waals surface area contributed by atoms with Gasteiger partial charge in [0.2, 0.25) is 0 Å². The zero-order valence-corrected chi connectivity index (χ0v) is 19.2. The minimum Gasteiger partial charge on any atom is -0.383 e. The van der Waals surface area contributed by atoms with E-state index in [0.717, 1.165) is 55.2 Å². The van der Waals surface area contributed by atoms with Crippen LogP contribution in [0.3, 0.4) is 0 Å². The number of nitrogens with two attached hydrogens (primary N) is 1. The van der Waals surface area contributed by atoms with Crippen molar-refractivity contribution in [3.63, 3.8) is 0 Å². The lowest BCUT2D eigenvalue weighted by molar-refractivity contribution is 0.393. The molecule has 0 spiro atoms. The minimum atomic E-state index is -0.0109. The number of aryl methyl sites for hydroxylation is 3. The number of rotatable bonds is 4. The molecule has 0 saturated carbocycles. The molecule has 1 atom stereocenters. The highest BCUT2D eigenvalue weighted by molar-refractivity contribution is 7.16. The van der Waals surface area contributed by atoms with Crippen LogP contribution in [0.2, 0.25) is 0 Å². The molecule has 0 bridgehead atoms. The highest BCUT2D eigenvalue weighted by Crippen LogP contribution is 2.38. The molecule has 0 radical (unpaired) electrons. The molecular weight excluding hydrogens is 418 g/mol. The molecule has 0 amide bonds. The third kappa shape index (κ3) is 3.44. The standard InChI is InChI=1S/C25H23N5OS/c1-13(17-6-5-7-18(10-17)23-14(2)30-31-15(23)3)22-24(28-16(4)29-25(22)26)19-8-9-20-21(11-19)32-12-27-20/h5-13H,1-4H3,(H2,26,28,29). The van der Waals surface area contributed by atoms with E-state index in [1.807, 2.05) is 32.3 Å². The Morgan fingerprint density at radius 3 is 2.62 bits per heavy atom. The molecule has 0 aliphatic heterocycles. The average Bonchev–Trinajstić information content (AvgIpc) is 3.38. The van der Waals surface area contributed by atoms with E-state index < -0.39 is 0 Å². The molecule has 2 N–H and O–H groups in total. The summed E-state index contributed by atoms with van der Waals surface area (Å²) in [5.74, 6) is 1.96. The first-order valence-electron chi connectivity index (χ1n) is 10.4. The monoisotopic (exact) mass is 441 g/mol. The highest BCUT2D eigenvalue weighted by Gasteiger charge is 2.22. The van der Waals surface area contributed by atoms with Gasteiger partial charge in [-0.25, -0.2) is 15.0 Å². The Bertz CT molecular complexity index is 1430. The van der Waals surface area contributed by atoms with Crippen LogP contribution >= 0.6 is 11.3 Å². The molecule has 0 aliphatic carbocycles. The number of thiazole rings is 1. The Labute approximate surface area is 190 Å². The summed E-state index contributed by atoms with van der Waals surface area (Å²) in [4.78, 5) is 13.7. The van der Waals surface area contributed by atoms with E-state index in [4.69, 9.17) is 15.2 Å². The van der Waals surface area contributed by atoms with Gasteiger partial charge < -0.3 is 10.3 Å². The fraction of sp³-hybridized carbons (Fsp3) is 0.200. The third-order valence-corrected chi connectivity index (χ3v) is 6.63. The quantitative estimate of drug-likeness (QED) is 0.364. The molecule has 32 heavy (non-hydrogen) atoms.